The summed E-state index contributed by atoms with van der Waals surface area (Å²) in [6.45, 7) is 14.1. The Labute approximate surface area is 159 Å². The van der Waals surface area contributed by atoms with E-state index in [0.29, 0.717) is 46.2 Å². The smallest absolute Gasteiger partial charge is 0.119 e. The highest BCUT2D eigenvalue weighted by molar-refractivity contribution is 9.10. The molecule has 0 amide bonds. The predicted molar refractivity (Wildman–Crippen MR) is 105 cm³/mol. The van der Waals surface area contributed by atoms with Crippen LogP contribution >= 0.6 is 15.9 Å². The van der Waals surface area contributed by atoms with Gasteiger partial charge < -0.3 is 18.9 Å². The summed E-state index contributed by atoms with van der Waals surface area (Å²) in [5.74, 6) is 0.781. The van der Waals surface area contributed by atoms with Crippen LogP contribution in [0.25, 0.3) is 0 Å². The van der Waals surface area contributed by atoms with Crippen molar-refractivity contribution in [1.82, 2.24) is 0 Å². The van der Waals surface area contributed by atoms with Gasteiger partial charge in [0.15, 0.2) is 0 Å². The molecule has 4 nitrogen and oxygen atoms in total. The van der Waals surface area contributed by atoms with Crippen LogP contribution in [0.5, 0.6) is 5.75 Å². The van der Waals surface area contributed by atoms with Crippen molar-refractivity contribution in [2.45, 2.75) is 0 Å². The maximum Gasteiger partial charge on any atom is 0.119 e. The van der Waals surface area contributed by atoms with Gasteiger partial charge in [-0.1, -0.05) is 34.2 Å². The molecule has 0 spiro atoms. The van der Waals surface area contributed by atoms with Crippen molar-refractivity contribution >= 4 is 15.9 Å². The van der Waals surface area contributed by atoms with Crippen LogP contribution in [0.2, 0.25) is 0 Å². The topological polar surface area (TPSA) is 36.9 Å². The van der Waals surface area contributed by atoms with Gasteiger partial charge in [-0.25, -0.2) is 0 Å². The van der Waals surface area contributed by atoms with Crippen molar-refractivity contribution in [3.8, 4) is 5.75 Å². The van der Waals surface area contributed by atoms with Crippen molar-refractivity contribution in [3.05, 3.63) is 66.7 Å². The zero-order valence-corrected chi connectivity index (χ0v) is 16.2. The molecule has 0 bridgehead atoms. The number of hydrogen-bond donors (Lipinski definition) is 0. The minimum Gasteiger partial charge on any atom is -0.493 e. The van der Waals surface area contributed by atoms with E-state index in [0.717, 1.165) is 10.2 Å². The second-order valence-electron chi connectivity index (χ2n) is 5.65. The Morgan fingerprint density at radius 2 is 1.20 bits per heavy atom. The standard InChI is InChI=1S/C20H27BrO4/c1-4-11-22-14-20(15-23-12-5-2,16-24-13-6-3)17-25-19-9-7-18(21)8-10-19/h4-10H,1-3,11-17H2. The van der Waals surface area contributed by atoms with E-state index in [9.17, 15) is 0 Å². The monoisotopic (exact) mass is 410 g/mol. The lowest BCUT2D eigenvalue weighted by molar-refractivity contribution is -0.0772. The van der Waals surface area contributed by atoms with Gasteiger partial charge in [0.2, 0.25) is 0 Å². The molecule has 0 radical (unpaired) electrons. The minimum absolute atomic E-state index is 0.403. The summed E-state index contributed by atoms with van der Waals surface area (Å²) in [6.07, 6.45) is 5.15. The van der Waals surface area contributed by atoms with Crippen LogP contribution in [0.3, 0.4) is 0 Å². The fourth-order valence-corrected chi connectivity index (χ4v) is 2.36. The van der Waals surface area contributed by atoms with E-state index in [-0.39, 0.29) is 0 Å². The second kappa shape index (κ2) is 12.9. The molecule has 0 N–H and O–H groups in total. The van der Waals surface area contributed by atoms with Crippen LogP contribution in [-0.4, -0.2) is 46.2 Å². The van der Waals surface area contributed by atoms with Gasteiger partial charge in [0.05, 0.1) is 45.1 Å². The lowest BCUT2D eigenvalue weighted by Crippen LogP contribution is -2.42. The van der Waals surface area contributed by atoms with Gasteiger partial charge in [-0.2, -0.15) is 0 Å². The zero-order chi connectivity index (χ0) is 18.4. The van der Waals surface area contributed by atoms with Crippen LogP contribution in [0.4, 0.5) is 0 Å². The Balaban J connectivity index is 2.80. The third-order valence-corrected chi connectivity index (χ3v) is 3.82. The third kappa shape index (κ3) is 9.02. The first-order valence-electron chi connectivity index (χ1n) is 8.10. The molecule has 0 aliphatic carbocycles. The quantitative estimate of drug-likeness (QED) is 0.316. The third-order valence-electron chi connectivity index (χ3n) is 3.29. The average molecular weight is 411 g/mol. The maximum absolute atomic E-state index is 5.98. The van der Waals surface area contributed by atoms with Gasteiger partial charge in [0.1, 0.15) is 12.4 Å². The molecule has 5 heteroatoms. The van der Waals surface area contributed by atoms with Gasteiger partial charge in [-0.3, -0.25) is 0 Å². The van der Waals surface area contributed by atoms with Gasteiger partial charge in [0, 0.05) is 4.47 Å². The molecular weight excluding hydrogens is 384 g/mol. The SMILES string of the molecule is C=CCOCC(COCC=C)(COCC=C)COc1ccc(Br)cc1. The van der Waals surface area contributed by atoms with E-state index in [4.69, 9.17) is 18.9 Å². The molecule has 0 aliphatic rings. The summed E-state index contributed by atoms with van der Waals surface area (Å²) in [4.78, 5) is 0. The molecule has 1 aromatic carbocycles. The number of halogens is 1. The van der Waals surface area contributed by atoms with Crippen molar-refractivity contribution in [2.75, 3.05) is 46.2 Å². The number of benzene rings is 1. The van der Waals surface area contributed by atoms with Crippen LogP contribution in [-0.2, 0) is 14.2 Å². The normalized spacial score (nSPS) is 11.1. The Morgan fingerprint density at radius 3 is 1.60 bits per heavy atom. The number of rotatable bonds is 15. The first kappa shape index (κ1) is 21.6. The first-order chi connectivity index (χ1) is 12.2. The van der Waals surface area contributed by atoms with Crippen molar-refractivity contribution < 1.29 is 18.9 Å². The summed E-state index contributed by atoms with van der Waals surface area (Å²) in [6, 6.07) is 7.70. The average Bonchev–Trinajstić information content (AvgIpc) is 2.62. The number of ether oxygens (including phenoxy) is 4. The Hall–Kier alpha value is -1.40. The summed E-state index contributed by atoms with van der Waals surface area (Å²) < 4.78 is 24.1. The summed E-state index contributed by atoms with van der Waals surface area (Å²) in [5, 5.41) is 0. The molecule has 0 saturated heterocycles. The second-order valence-corrected chi connectivity index (χ2v) is 6.57. The number of hydrogen-bond acceptors (Lipinski definition) is 4. The molecule has 0 fully saturated rings. The molecule has 1 aromatic rings. The highest BCUT2D eigenvalue weighted by Crippen LogP contribution is 2.24. The van der Waals surface area contributed by atoms with Crippen molar-refractivity contribution in [2.24, 2.45) is 5.41 Å². The molecule has 0 aliphatic heterocycles. The lowest BCUT2D eigenvalue weighted by atomic mass is 9.92. The fraction of sp³-hybridized carbons (Fsp3) is 0.400. The Kier molecular flexibility index (Phi) is 11.2. The molecule has 0 unspecified atom stereocenters. The van der Waals surface area contributed by atoms with Gasteiger partial charge in [-0.05, 0) is 24.3 Å². The Morgan fingerprint density at radius 1 is 0.760 bits per heavy atom. The van der Waals surface area contributed by atoms with E-state index >= 15 is 0 Å². The van der Waals surface area contributed by atoms with Gasteiger partial charge in [-0.15, -0.1) is 19.7 Å². The van der Waals surface area contributed by atoms with Crippen molar-refractivity contribution in [1.29, 1.82) is 0 Å². The molecule has 1 rings (SSSR count). The summed E-state index contributed by atoms with van der Waals surface area (Å²) >= 11 is 3.42. The van der Waals surface area contributed by atoms with E-state index in [1.54, 1.807) is 18.2 Å². The highest BCUT2D eigenvalue weighted by atomic mass is 79.9. The van der Waals surface area contributed by atoms with Crippen LogP contribution in [0, 0.1) is 5.41 Å². The molecule has 25 heavy (non-hydrogen) atoms. The van der Waals surface area contributed by atoms with E-state index < -0.39 is 5.41 Å². The van der Waals surface area contributed by atoms with Crippen LogP contribution < -0.4 is 4.74 Å². The lowest BCUT2D eigenvalue weighted by Gasteiger charge is -2.32. The minimum atomic E-state index is -0.442. The molecule has 0 atom stereocenters. The molecule has 0 heterocycles. The molecule has 138 valence electrons. The molecule has 0 aromatic heterocycles. The van der Waals surface area contributed by atoms with Crippen LogP contribution in [0.1, 0.15) is 0 Å². The predicted octanol–water partition coefficient (Wildman–Crippen LogP) is 4.42. The summed E-state index contributed by atoms with van der Waals surface area (Å²) in [5.41, 5.74) is -0.442. The van der Waals surface area contributed by atoms with Gasteiger partial charge in [0.25, 0.3) is 0 Å². The summed E-state index contributed by atoms with van der Waals surface area (Å²) in [7, 11) is 0. The first-order valence-corrected chi connectivity index (χ1v) is 8.89. The largest absolute Gasteiger partial charge is 0.493 e. The highest BCUT2D eigenvalue weighted by Gasteiger charge is 2.33. The molecule has 0 saturated carbocycles. The van der Waals surface area contributed by atoms with Crippen molar-refractivity contribution in [3.63, 3.8) is 0 Å². The van der Waals surface area contributed by atoms with E-state index in [2.05, 4.69) is 35.7 Å². The van der Waals surface area contributed by atoms with Gasteiger partial charge >= 0.3 is 0 Å². The fourth-order valence-electron chi connectivity index (χ4n) is 2.09. The van der Waals surface area contributed by atoms with E-state index in [1.165, 1.54) is 0 Å². The molecular formula is C20H27BrO4. The maximum atomic E-state index is 5.98. The van der Waals surface area contributed by atoms with Crippen LogP contribution in [0.15, 0.2) is 66.7 Å². The van der Waals surface area contributed by atoms with E-state index in [1.807, 2.05) is 24.3 Å². The zero-order valence-electron chi connectivity index (χ0n) is 14.6. The Bertz CT molecular complexity index is 477.